The molecule has 3 rings (SSSR count). The van der Waals surface area contributed by atoms with Crippen molar-refractivity contribution in [2.24, 2.45) is 0 Å². The van der Waals surface area contributed by atoms with Crippen molar-refractivity contribution < 1.29 is 23.5 Å². The third-order valence-corrected chi connectivity index (χ3v) is 4.64. The van der Waals surface area contributed by atoms with Gasteiger partial charge < -0.3 is 19.7 Å². The van der Waals surface area contributed by atoms with E-state index in [1.807, 2.05) is 0 Å². The Balaban J connectivity index is 1.75. The number of nitrogens with one attached hydrogen (secondary N) is 1. The molecule has 1 aliphatic heterocycles. The first-order chi connectivity index (χ1) is 12.9. The quantitative estimate of drug-likeness (QED) is 0.849. The summed E-state index contributed by atoms with van der Waals surface area (Å²) in [6.45, 7) is 0.256. The largest absolute Gasteiger partial charge is 0.493 e. The van der Waals surface area contributed by atoms with Gasteiger partial charge in [0.05, 0.1) is 30.8 Å². The number of nitrogens with zero attached hydrogens (tertiary/aromatic N) is 1. The fraction of sp³-hybridized carbons (Fsp3) is 0.263. The smallest absolute Gasteiger partial charge is 0.256 e. The van der Waals surface area contributed by atoms with Gasteiger partial charge in [0.2, 0.25) is 5.91 Å². The van der Waals surface area contributed by atoms with Crippen molar-refractivity contribution in [2.45, 2.75) is 12.5 Å². The highest BCUT2D eigenvalue weighted by Gasteiger charge is 2.33. The van der Waals surface area contributed by atoms with Crippen LogP contribution in [0.2, 0.25) is 5.02 Å². The predicted octanol–water partition coefficient (Wildman–Crippen LogP) is 3.03. The van der Waals surface area contributed by atoms with Crippen LogP contribution in [0, 0.1) is 5.82 Å². The van der Waals surface area contributed by atoms with Crippen LogP contribution in [0.5, 0.6) is 11.5 Å². The molecule has 1 saturated heterocycles. The molecule has 1 atom stereocenters. The normalized spacial score (nSPS) is 16.4. The summed E-state index contributed by atoms with van der Waals surface area (Å²) >= 11 is 5.92. The lowest BCUT2D eigenvalue weighted by Gasteiger charge is -2.19. The second-order valence-electron chi connectivity index (χ2n) is 6.01. The number of ether oxygens (including phenoxy) is 2. The van der Waals surface area contributed by atoms with Crippen LogP contribution in [0.15, 0.2) is 36.4 Å². The molecule has 0 aliphatic carbocycles. The highest BCUT2D eigenvalue weighted by atomic mass is 35.5. The molecule has 6 nitrogen and oxygen atoms in total. The van der Waals surface area contributed by atoms with Crippen molar-refractivity contribution in [3.8, 4) is 11.5 Å². The van der Waals surface area contributed by atoms with Crippen molar-refractivity contribution in [3.05, 3.63) is 52.8 Å². The standard InChI is InChI=1S/C19H18ClFN2O4/c1-26-15-7-6-12(9-16(15)27-2)23-10-11(8-17(23)24)22-19(25)18-13(20)4-3-5-14(18)21/h3-7,9,11H,8,10H2,1-2H3,(H,22,25)/t11-/m1/s1. The van der Waals surface area contributed by atoms with Crippen LogP contribution in [0.3, 0.4) is 0 Å². The molecule has 8 heteroatoms. The van der Waals surface area contributed by atoms with Gasteiger partial charge >= 0.3 is 0 Å². The first-order valence-corrected chi connectivity index (χ1v) is 8.59. The van der Waals surface area contributed by atoms with E-state index in [9.17, 15) is 14.0 Å². The molecule has 1 fully saturated rings. The first kappa shape index (κ1) is 19.0. The van der Waals surface area contributed by atoms with Crippen molar-refractivity contribution in [2.75, 3.05) is 25.7 Å². The average molecular weight is 393 g/mol. The van der Waals surface area contributed by atoms with Crippen LogP contribution in [-0.4, -0.2) is 38.6 Å². The molecule has 1 aliphatic rings. The topological polar surface area (TPSA) is 67.9 Å². The fourth-order valence-electron chi connectivity index (χ4n) is 3.02. The number of amides is 2. The summed E-state index contributed by atoms with van der Waals surface area (Å²) in [6.07, 6.45) is 0.103. The summed E-state index contributed by atoms with van der Waals surface area (Å²) in [6, 6.07) is 8.69. The van der Waals surface area contributed by atoms with E-state index in [0.717, 1.165) is 6.07 Å². The van der Waals surface area contributed by atoms with E-state index < -0.39 is 17.8 Å². The van der Waals surface area contributed by atoms with Gasteiger partial charge in [0.1, 0.15) is 5.82 Å². The highest BCUT2D eigenvalue weighted by molar-refractivity contribution is 6.33. The minimum absolute atomic E-state index is 0.0218. The Morgan fingerprint density at radius 2 is 1.96 bits per heavy atom. The summed E-state index contributed by atoms with van der Waals surface area (Å²) in [5.74, 6) is -0.473. The molecule has 0 unspecified atom stereocenters. The van der Waals surface area contributed by atoms with E-state index in [1.165, 1.54) is 31.3 Å². The number of anilines is 1. The maximum Gasteiger partial charge on any atom is 0.256 e. The molecule has 0 bridgehead atoms. The highest BCUT2D eigenvalue weighted by Crippen LogP contribution is 2.33. The minimum Gasteiger partial charge on any atom is -0.493 e. The Labute approximate surface area is 160 Å². The zero-order chi connectivity index (χ0) is 19.6. The molecule has 0 aromatic heterocycles. The van der Waals surface area contributed by atoms with E-state index in [4.69, 9.17) is 21.1 Å². The van der Waals surface area contributed by atoms with Crippen molar-refractivity contribution in [1.29, 1.82) is 0 Å². The van der Waals surface area contributed by atoms with E-state index in [-0.39, 0.29) is 29.5 Å². The van der Waals surface area contributed by atoms with Gasteiger partial charge in [-0.1, -0.05) is 17.7 Å². The molecule has 2 aromatic rings. The molecule has 0 spiro atoms. The minimum atomic E-state index is -0.707. The maximum atomic E-state index is 13.9. The number of carbonyl (C=O) groups is 2. The Morgan fingerprint density at radius 1 is 1.22 bits per heavy atom. The molecule has 0 saturated carbocycles. The second kappa shape index (κ2) is 7.84. The number of hydrogen-bond donors (Lipinski definition) is 1. The van der Waals surface area contributed by atoms with Gasteiger partial charge in [0.25, 0.3) is 5.91 Å². The molecule has 1 heterocycles. The third kappa shape index (κ3) is 3.83. The summed E-state index contributed by atoms with van der Waals surface area (Å²) in [5.41, 5.74) is 0.398. The molecular weight excluding hydrogens is 375 g/mol. The zero-order valence-corrected chi connectivity index (χ0v) is 15.5. The van der Waals surface area contributed by atoms with Gasteiger partial charge in [0.15, 0.2) is 11.5 Å². The van der Waals surface area contributed by atoms with E-state index in [2.05, 4.69) is 5.32 Å². The first-order valence-electron chi connectivity index (χ1n) is 8.22. The number of benzene rings is 2. The van der Waals surface area contributed by atoms with Crippen molar-refractivity contribution >= 4 is 29.1 Å². The van der Waals surface area contributed by atoms with Gasteiger partial charge in [-0.25, -0.2) is 4.39 Å². The van der Waals surface area contributed by atoms with Crippen molar-refractivity contribution in [3.63, 3.8) is 0 Å². The van der Waals surface area contributed by atoms with Gasteiger partial charge in [-0.2, -0.15) is 0 Å². The van der Waals surface area contributed by atoms with Crippen molar-refractivity contribution in [1.82, 2.24) is 5.32 Å². The third-order valence-electron chi connectivity index (χ3n) is 4.33. The zero-order valence-electron chi connectivity index (χ0n) is 14.8. The van der Waals surface area contributed by atoms with Crippen LogP contribution < -0.4 is 19.7 Å². The summed E-state index contributed by atoms with van der Waals surface area (Å²) < 4.78 is 24.4. The molecule has 1 N–H and O–H groups in total. The van der Waals surface area contributed by atoms with Crippen LogP contribution in [0.1, 0.15) is 16.8 Å². The van der Waals surface area contributed by atoms with Gasteiger partial charge in [0, 0.05) is 24.7 Å². The van der Waals surface area contributed by atoms with E-state index in [1.54, 1.807) is 18.2 Å². The summed E-state index contributed by atoms with van der Waals surface area (Å²) in [5, 5.41) is 2.70. The Morgan fingerprint density at radius 3 is 2.63 bits per heavy atom. The van der Waals surface area contributed by atoms with Gasteiger partial charge in [-0.3, -0.25) is 9.59 Å². The molecule has 0 radical (unpaired) electrons. The van der Waals surface area contributed by atoms with E-state index in [0.29, 0.717) is 17.2 Å². The van der Waals surface area contributed by atoms with Crippen LogP contribution in [-0.2, 0) is 4.79 Å². The number of rotatable bonds is 5. The lowest BCUT2D eigenvalue weighted by molar-refractivity contribution is -0.117. The second-order valence-corrected chi connectivity index (χ2v) is 6.42. The van der Waals surface area contributed by atoms with Gasteiger partial charge in [-0.15, -0.1) is 0 Å². The van der Waals surface area contributed by atoms with Crippen LogP contribution in [0.4, 0.5) is 10.1 Å². The van der Waals surface area contributed by atoms with Gasteiger partial charge in [-0.05, 0) is 24.3 Å². The fourth-order valence-corrected chi connectivity index (χ4v) is 3.27. The monoisotopic (exact) mass is 392 g/mol. The summed E-state index contributed by atoms with van der Waals surface area (Å²) in [7, 11) is 3.03. The maximum absolute atomic E-state index is 13.9. The average Bonchev–Trinajstić information content (AvgIpc) is 3.01. The molecule has 142 valence electrons. The van der Waals surface area contributed by atoms with E-state index >= 15 is 0 Å². The van der Waals surface area contributed by atoms with Crippen LogP contribution in [0.25, 0.3) is 0 Å². The lowest BCUT2D eigenvalue weighted by atomic mass is 10.1. The number of methoxy groups -OCH3 is 2. The number of halogens is 2. The summed E-state index contributed by atoms with van der Waals surface area (Å²) in [4.78, 5) is 26.3. The molecule has 2 aromatic carbocycles. The lowest BCUT2D eigenvalue weighted by Crippen LogP contribution is -2.37. The molecule has 27 heavy (non-hydrogen) atoms. The Bertz CT molecular complexity index is 870. The Kier molecular flexibility index (Phi) is 5.51. The molecular formula is C19H18ClFN2O4. The Hall–Kier alpha value is -2.80. The number of hydrogen-bond acceptors (Lipinski definition) is 4. The predicted molar refractivity (Wildman–Crippen MR) is 99.2 cm³/mol. The SMILES string of the molecule is COc1ccc(N2C[C@H](NC(=O)c3c(F)cccc3Cl)CC2=O)cc1OC. The number of carbonyl (C=O) groups excluding carboxylic acids is 2. The van der Waals surface area contributed by atoms with Crippen LogP contribution >= 0.6 is 11.6 Å². The molecule has 2 amide bonds.